The molecule has 2 aliphatic carbocycles. The number of rotatable bonds is 8. The Kier molecular flexibility index (Phi) is 8.50. The van der Waals surface area contributed by atoms with Crippen LogP contribution in [-0.2, 0) is 19.1 Å². The molecular weight excluding hydrogens is 478 g/mol. The van der Waals surface area contributed by atoms with Gasteiger partial charge in [-0.3, -0.25) is 14.4 Å². The molecule has 6 atom stereocenters. The number of ether oxygens (including phenoxy) is 1. The number of hydrogen-bond acceptors (Lipinski definition) is 5. The number of nitrogens with zero attached hydrogens (tertiary/aromatic N) is 1. The number of para-hydroxylation sites is 1. The van der Waals surface area contributed by atoms with E-state index in [-0.39, 0.29) is 35.8 Å². The van der Waals surface area contributed by atoms with Gasteiger partial charge in [0, 0.05) is 49.0 Å². The van der Waals surface area contributed by atoms with Gasteiger partial charge in [0.05, 0.1) is 19.1 Å². The second-order valence-electron chi connectivity index (χ2n) is 11.2. The predicted octanol–water partition coefficient (Wildman–Crippen LogP) is 4.91. The average Bonchev–Trinajstić information content (AvgIpc) is 3.41. The van der Waals surface area contributed by atoms with Crippen LogP contribution in [0.4, 0.5) is 5.69 Å². The maximum absolute atomic E-state index is 14.2. The van der Waals surface area contributed by atoms with E-state index in [9.17, 15) is 14.4 Å². The molecular formula is C31H41N3O4. The summed E-state index contributed by atoms with van der Waals surface area (Å²) >= 11 is 0. The van der Waals surface area contributed by atoms with E-state index in [0.29, 0.717) is 43.6 Å². The van der Waals surface area contributed by atoms with Crippen LogP contribution in [0.5, 0.6) is 0 Å². The number of hydrogen-bond donors (Lipinski definition) is 2. The molecule has 1 unspecified atom stereocenters. The fourth-order valence-corrected chi connectivity index (χ4v) is 7.05. The number of nitrogens with one attached hydrogen (secondary N) is 2. The number of benzene rings is 1. The molecule has 0 spiro atoms. The Morgan fingerprint density at radius 2 is 1.87 bits per heavy atom. The van der Waals surface area contributed by atoms with Crippen molar-refractivity contribution in [1.82, 2.24) is 10.2 Å². The van der Waals surface area contributed by atoms with E-state index < -0.39 is 0 Å². The lowest BCUT2D eigenvalue weighted by Gasteiger charge is -2.44. The van der Waals surface area contributed by atoms with Gasteiger partial charge in [0.1, 0.15) is 0 Å². The molecule has 1 aromatic rings. The third-order valence-corrected chi connectivity index (χ3v) is 8.96. The summed E-state index contributed by atoms with van der Waals surface area (Å²) in [6.07, 6.45) is 16.5. The number of unbranched alkanes of at least 4 members (excludes halogenated alkanes) is 1. The van der Waals surface area contributed by atoms with E-state index in [2.05, 4.69) is 68.8 Å². The van der Waals surface area contributed by atoms with E-state index in [1.165, 1.54) is 12.7 Å². The number of fused-ring (bicyclic) bond motifs is 3. The SMILES string of the molecule is COC(=O)CCCCC(=O)N[C@@H]1CCCC[C@@H]1C(=O)N1CC[C@@H]2[C@H](C3C=CC=CC3)Nc3ccccc3[C@@H]21. The third kappa shape index (κ3) is 5.67. The molecule has 1 saturated heterocycles. The zero-order valence-corrected chi connectivity index (χ0v) is 22.4. The number of allylic oxidation sites excluding steroid dienone is 3. The van der Waals surface area contributed by atoms with Gasteiger partial charge in [0.2, 0.25) is 11.8 Å². The summed E-state index contributed by atoms with van der Waals surface area (Å²) in [5.74, 6) is 0.522. The fourth-order valence-electron chi connectivity index (χ4n) is 7.05. The Morgan fingerprint density at radius 1 is 1.05 bits per heavy atom. The highest BCUT2D eigenvalue weighted by atomic mass is 16.5. The first-order valence-electron chi connectivity index (χ1n) is 14.4. The Morgan fingerprint density at radius 3 is 2.68 bits per heavy atom. The molecule has 0 bridgehead atoms. The fraction of sp³-hybridized carbons (Fsp3) is 0.581. The van der Waals surface area contributed by atoms with Crippen molar-refractivity contribution in [3.63, 3.8) is 0 Å². The summed E-state index contributed by atoms with van der Waals surface area (Å²) in [6, 6.07) is 8.70. The summed E-state index contributed by atoms with van der Waals surface area (Å²) < 4.78 is 4.68. The van der Waals surface area contributed by atoms with Crippen LogP contribution in [0.25, 0.3) is 0 Å². The van der Waals surface area contributed by atoms with Gasteiger partial charge >= 0.3 is 5.97 Å². The van der Waals surface area contributed by atoms with Gasteiger partial charge < -0.3 is 20.3 Å². The lowest BCUT2D eigenvalue weighted by molar-refractivity contribution is -0.141. The summed E-state index contributed by atoms with van der Waals surface area (Å²) in [5, 5.41) is 7.03. The van der Waals surface area contributed by atoms with Crippen LogP contribution >= 0.6 is 0 Å². The van der Waals surface area contributed by atoms with Gasteiger partial charge in [-0.2, -0.15) is 0 Å². The van der Waals surface area contributed by atoms with Crippen LogP contribution in [-0.4, -0.2) is 48.4 Å². The highest BCUT2D eigenvalue weighted by Crippen LogP contribution is 2.49. The summed E-state index contributed by atoms with van der Waals surface area (Å²) in [4.78, 5) is 40.4. The smallest absolute Gasteiger partial charge is 0.305 e. The molecule has 0 aromatic heterocycles. The summed E-state index contributed by atoms with van der Waals surface area (Å²) in [7, 11) is 1.38. The molecule has 38 heavy (non-hydrogen) atoms. The lowest BCUT2D eigenvalue weighted by atomic mass is 9.75. The van der Waals surface area contributed by atoms with Crippen molar-refractivity contribution >= 4 is 23.5 Å². The average molecular weight is 520 g/mol. The highest BCUT2D eigenvalue weighted by Gasteiger charge is 2.49. The molecule has 2 N–H and O–H groups in total. The number of esters is 1. The van der Waals surface area contributed by atoms with Crippen LogP contribution in [0.15, 0.2) is 48.6 Å². The minimum Gasteiger partial charge on any atom is -0.469 e. The monoisotopic (exact) mass is 519 g/mol. The van der Waals surface area contributed by atoms with Crippen molar-refractivity contribution in [3.8, 4) is 0 Å². The van der Waals surface area contributed by atoms with Crippen molar-refractivity contribution in [1.29, 1.82) is 0 Å². The summed E-state index contributed by atoms with van der Waals surface area (Å²) in [6.45, 7) is 0.762. The second kappa shape index (κ2) is 12.2. The quantitative estimate of drug-likeness (QED) is 0.376. The first kappa shape index (κ1) is 26.5. The van der Waals surface area contributed by atoms with Crippen molar-refractivity contribution in [2.75, 3.05) is 19.0 Å². The van der Waals surface area contributed by atoms with E-state index >= 15 is 0 Å². The lowest BCUT2D eigenvalue weighted by Crippen LogP contribution is -2.51. The van der Waals surface area contributed by atoms with Crippen LogP contribution in [0.3, 0.4) is 0 Å². The Labute approximate surface area is 226 Å². The zero-order valence-electron chi connectivity index (χ0n) is 22.4. The van der Waals surface area contributed by atoms with Crippen molar-refractivity contribution in [2.24, 2.45) is 17.8 Å². The van der Waals surface area contributed by atoms with Gasteiger partial charge in [-0.05, 0) is 50.2 Å². The second-order valence-corrected chi connectivity index (χ2v) is 11.2. The maximum Gasteiger partial charge on any atom is 0.305 e. The van der Waals surface area contributed by atoms with Gasteiger partial charge in [0.25, 0.3) is 0 Å². The normalized spacial score (nSPS) is 29.7. The van der Waals surface area contributed by atoms with Gasteiger partial charge in [-0.25, -0.2) is 0 Å². The first-order valence-corrected chi connectivity index (χ1v) is 14.4. The van der Waals surface area contributed by atoms with Crippen LogP contribution in [0, 0.1) is 17.8 Å². The van der Waals surface area contributed by atoms with E-state index in [0.717, 1.165) is 50.8 Å². The molecule has 4 aliphatic rings. The van der Waals surface area contributed by atoms with Crippen LogP contribution in [0.2, 0.25) is 0 Å². The van der Waals surface area contributed by atoms with Crippen molar-refractivity contribution < 1.29 is 19.1 Å². The third-order valence-electron chi connectivity index (χ3n) is 8.96. The van der Waals surface area contributed by atoms with E-state index in [1.807, 2.05) is 0 Å². The number of carbonyl (C=O) groups is 3. The van der Waals surface area contributed by atoms with Crippen molar-refractivity contribution in [3.05, 3.63) is 54.1 Å². The number of methoxy groups -OCH3 is 1. The molecule has 7 nitrogen and oxygen atoms in total. The van der Waals surface area contributed by atoms with Crippen LogP contribution < -0.4 is 10.6 Å². The van der Waals surface area contributed by atoms with Crippen molar-refractivity contribution in [2.45, 2.75) is 82.3 Å². The Bertz CT molecular complexity index is 1080. The zero-order chi connectivity index (χ0) is 26.5. The number of anilines is 1. The summed E-state index contributed by atoms with van der Waals surface area (Å²) in [5.41, 5.74) is 2.36. The molecule has 2 heterocycles. The molecule has 1 aromatic carbocycles. The molecule has 1 saturated carbocycles. The molecule has 5 rings (SSSR count). The molecule has 2 aliphatic heterocycles. The number of likely N-dealkylation sites (tertiary alicyclic amines) is 1. The molecule has 0 radical (unpaired) electrons. The Balaban J connectivity index is 1.28. The van der Waals surface area contributed by atoms with E-state index in [4.69, 9.17) is 0 Å². The topological polar surface area (TPSA) is 87.7 Å². The molecule has 204 valence electrons. The van der Waals surface area contributed by atoms with E-state index in [1.54, 1.807) is 0 Å². The van der Waals surface area contributed by atoms with Crippen LogP contribution in [0.1, 0.15) is 75.8 Å². The largest absolute Gasteiger partial charge is 0.469 e. The molecule has 2 fully saturated rings. The molecule has 2 amide bonds. The number of amides is 2. The standard InChI is InChI=1S/C31H41N3O4/c1-38-28(36)18-10-9-17-27(35)32-26-16-8-6-14-23(26)31(37)34-20-19-24-29(21-11-3-2-4-12-21)33-25-15-7-5-13-22(25)30(24)34/h2-5,7,11,13,15,21,23-24,26,29-30,33H,6,8-10,12,14,16-20H2,1H3,(H,32,35)/t21?,23-,24+,26+,29-,30-/m0/s1. The Hall–Kier alpha value is -3.09. The van der Waals surface area contributed by atoms with Gasteiger partial charge in [-0.15, -0.1) is 0 Å². The first-order chi connectivity index (χ1) is 18.6. The maximum atomic E-state index is 14.2. The predicted molar refractivity (Wildman–Crippen MR) is 147 cm³/mol. The number of carbonyl (C=O) groups excluding carboxylic acids is 3. The minimum atomic E-state index is -0.245. The minimum absolute atomic E-state index is 0.0247. The molecule has 7 heteroatoms. The highest BCUT2D eigenvalue weighted by molar-refractivity contribution is 5.83. The van der Waals surface area contributed by atoms with Gasteiger partial charge in [0.15, 0.2) is 0 Å². The van der Waals surface area contributed by atoms with Gasteiger partial charge in [-0.1, -0.05) is 55.3 Å².